The molecule has 0 heterocycles. The molecular formula is C18H24FNO4S. The first kappa shape index (κ1) is 17.2. The van der Waals surface area contributed by atoms with E-state index in [1.165, 1.54) is 6.07 Å². The van der Waals surface area contributed by atoms with Gasteiger partial charge in [0.15, 0.2) is 11.6 Å². The molecule has 1 aromatic carbocycles. The first-order chi connectivity index (χ1) is 11.7. The second-order valence-corrected chi connectivity index (χ2v) is 9.30. The van der Waals surface area contributed by atoms with Crippen LogP contribution in [0, 0.1) is 23.1 Å². The fourth-order valence-corrected chi connectivity index (χ4v) is 6.49. The molecule has 0 saturated heterocycles. The van der Waals surface area contributed by atoms with Crippen molar-refractivity contribution >= 4 is 10.3 Å². The number of aromatic hydroxyl groups is 1. The van der Waals surface area contributed by atoms with Crippen LogP contribution in [-0.2, 0) is 20.9 Å². The predicted molar refractivity (Wildman–Crippen MR) is 90.7 cm³/mol. The molecule has 3 aliphatic rings. The quantitative estimate of drug-likeness (QED) is 0.839. The average molecular weight is 369 g/mol. The lowest BCUT2D eigenvalue weighted by Gasteiger charge is -2.50. The summed E-state index contributed by atoms with van der Waals surface area (Å²) in [6, 6.07) is 3.06. The van der Waals surface area contributed by atoms with Gasteiger partial charge in [-0.15, -0.1) is 0 Å². The Bertz CT molecular complexity index is 812. The number of benzene rings is 1. The van der Waals surface area contributed by atoms with Gasteiger partial charge in [0.25, 0.3) is 0 Å². The van der Waals surface area contributed by atoms with E-state index in [1.54, 1.807) is 6.07 Å². The number of hydrogen-bond donors (Lipinski definition) is 2. The van der Waals surface area contributed by atoms with Gasteiger partial charge in [0, 0.05) is 0 Å². The molecular weight excluding hydrogens is 345 g/mol. The van der Waals surface area contributed by atoms with Gasteiger partial charge in [0.2, 0.25) is 0 Å². The van der Waals surface area contributed by atoms with Gasteiger partial charge in [-0.25, -0.2) is 9.53 Å². The zero-order chi connectivity index (χ0) is 18.0. The van der Waals surface area contributed by atoms with Gasteiger partial charge in [-0.3, -0.25) is 4.18 Å². The smallest absolute Gasteiger partial charge is 0.333 e. The molecule has 5 atom stereocenters. The summed E-state index contributed by atoms with van der Waals surface area (Å²) in [5.41, 5.74) is 1.85. The Morgan fingerprint density at radius 3 is 2.76 bits per heavy atom. The lowest BCUT2D eigenvalue weighted by atomic mass is 9.55. The molecule has 0 bridgehead atoms. The number of rotatable bonds is 2. The molecule has 7 heteroatoms. The molecule has 0 aromatic heterocycles. The molecule has 1 aromatic rings. The van der Waals surface area contributed by atoms with Crippen molar-refractivity contribution in [2.45, 2.75) is 57.5 Å². The second-order valence-electron chi connectivity index (χ2n) is 8.12. The third-order valence-electron chi connectivity index (χ3n) is 6.96. The molecule has 5 nitrogen and oxygen atoms in total. The Kier molecular flexibility index (Phi) is 3.90. The Hall–Kier alpha value is -1.18. The molecule has 0 amide bonds. The lowest BCUT2D eigenvalue weighted by Crippen LogP contribution is -2.45. The summed E-state index contributed by atoms with van der Waals surface area (Å²) in [7, 11) is -3.96. The first-order valence-electron chi connectivity index (χ1n) is 8.91. The third kappa shape index (κ3) is 2.76. The van der Waals surface area contributed by atoms with Crippen molar-refractivity contribution in [2.75, 3.05) is 0 Å². The van der Waals surface area contributed by atoms with E-state index in [-0.39, 0.29) is 23.2 Å². The van der Waals surface area contributed by atoms with Gasteiger partial charge >= 0.3 is 10.3 Å². The molecule has 0 aliphatic heterocycles. The third-order valence-corrected chi connectivity index (χ3v) is 7.46. The monoisotopic (exact) mass is 369 g/mol. The van der Waals surface area contributed by atoms with E-state index in [4.69, 9.17) is 9.32 Å². The SMILES string of the molecule is C[C@]12CC[C@@H]3c4cc(F)c(O)cc4CC[C@H]3[C@@H]1CC[C@@H]2OS(N)(=O)=O. The lowest BCUT2D eigenvalue weighted by molar-refractivity contribution is -0.00808. The number of aryl methyl sites for hydroxylation is 1. The summed E-state index contributed by atoms with van der Waals surface area (Å²) in [6.45, 7) is 2.11. The Morgan fingerprint density at radius 2 is 2.04 bits per heavy atom. The minimum absolute atomic E-state index is 0.208. The minimum Gasteiger partial charge on any atom is -0.505 e. The van der Waals surface area contributed by atoms with Crippen LogP contribution in [0.1, 0.15) is 56.1 Å². The van der Waals surface area contributed by atoms with Crippen molar-refractivity contribution in [2.24, 2.45) is 22.4 Å². The summed E-state index contributed by atoms with van der Waals surface area (Å²) < 4.78 is 41.9. The number of fused-ring (bicyclic) bond motifs is 5. The van der Waals surface area contributed by atoms with E-state index < -0.39 is 16.1 Å². The highest BCUT2D eigenvalue weighted by molar-refractivity contribution is 7.84. The molecule has 2 saturated carbocycles. The van der Waals surface area contributed by atoms with Crippen molar-refractivity contribution in [3.63, 3.8) is 0 Å². The molecule has 2 fully saturated rings. The van der Waals surface area contributed by atoms with Gasteiger partial charge in [-0.2, -0.15) is 8.42 Å². The highest BCUT2D eigenvalue weighted by atomic mass is 32.2. The molecule has 25 heavy (non-hydrogen) atoms. The molecule has 3 aliphatic carbocycles. The number of phenols is 1. The molecule has 0 spiro atoms. The van der Waals surface area contributed by atoms with Crippen LogP contribution in [-0.4, -0.2) is 19.6 Å². The summed E-state index contributed by atoms with van der Waals surface area (Å²) in [6.07, 6.45) is 4.74. The van der Waals surface area contributed by atoms with Gasteiger partial charge in [-0.1, -0.05) is 6.92 Å². The normalized spacial score (nSPS) is 37.2. The Morgan fingerprint density at radius 1 is 1.28 bits per heavy atom. The molecule has 0 radical (unpaired) electrons. The largest absolute Gasteiger partial charge is 0.505 e. The van der Waals surface area contributed by atoms with Crippen LogP contribution < -0.4 is 5.14 Å². The van der Waals surface area contributed by atoms with Gasteiger partial charge < -0.3 is 5.11 Å². The van der Waals surface area contributed by atoms with Crippen molar-refractivity contribution in [3.05, 3.63) is 29.1 Å². The highest BCUT2D eigenvalue weighted by Gasteiger charge is 2.56. The zero-order valence-corrected chi connectivity index (χ0v) is 15.1. The second kappa shape index (κ2) is 5.66. The molecule has 0 unspecified atom stereocenters. The summed E-state index contributed by atoms with van der Waals surface area (Å²) in [5, 5.41) is 14.8. The van der Waals surface area contributed by atoms with Crippen molar-refractivity contribution in [3.8, 4) is 5.75 Å². The van der Waals surface area contributed by atoms with Gasteiger partial charge in [0.05, 0.1) is 6.10 Å². The standard InChI is InChI=1S/C18H24FNO4S/c1-18-7-6-11-12(14(18)4-5-17(18)24-25(20,22)23)3-2-10-8-16(21)15(19)9-13(10)11/h8-9,11-12,14,17,21H,2-7H2,1H3,(H2,20,22,23)/t11-,12+,14-,17-,18-/m0/s1. The van der Waals surface area contributed by atoms with Crippen molar-refractivity contribution < 1.29 is 22.1 Å². The van der Waals surface area contributed by atoms with Crippen LogP contribution in [0.5, 0.6) is 5.75 Å². The van der Waals surface area contributed by atoms with E-state index >= 15 is 0 Å². The minimum atomic E-state index is -3.96. The summed E-state index contributed by atoms with van der Waals surface area (Å²) >= 11 is 0. The Labute approximate surface area is 147 Å². The number of phenolic OH excluding ortho intramolecular Hbond substituents is 1. The van der Waals surface area contributed by atoms with E-state index in [9.17, 15) is 17.9 Å². The van der Waals surface area contributed by atoms with Gasteiger partial charge in [0.1, 0.15) is 0 Å². The number of nitrogens with two attached hydrogens (primary N) is 1. The maximum absolute atomic E-state index is 13.9. The van der Waals surface area contributed by atoms with E-state index in [0.29, 0.717) is 18.3 Å². The Balaban J connectivity index is 1.65. The first-order valence-corrected chi connectivity index (χ1v) is 10.4. The number of hydrogen-bond acceptors (Lipinski definition) is 4. The van der Waals surface area contributed by atoms with E-state index in [2.05, 4.69) is 6.92 Å². The summed E-state index contributed by atoms with van der Waals surface area (Å²) in [4.78, 5) is 0. The fraction of sp³-hybridized carbons (Fsp3) is 0.667. The van der Waals surface area contributed by atoms with Crippen molar-refractivity contribution in [1.29, 1.82) is 0 Å². The van der Waals surface area contributed by atoms with Crippen LogP contribution >= 0.6 is 0 Å². The predicted octanol–water partition coefficient (Wildman–Crippen LogP) is 2.98. The molecule has 4 rings (SSSR count). The average Bonchev–Trinajstić information content (AvgIpc) is 2.83. The van der Waals surface area contributed by atoms with Gasteiger partial charge in [-0.05, 0) is 85.0 Å². The van der Waals surface area contributed by atoms with Crippen LogP contribution in [0.3, 0.4) is 0 Å². The van der Waals surface area contributed by atoms with Crippen LogP contribution in [0.2, 0.25) is 0 Å². The summed E-state index contributed by atoms with van der Waals surface area (Å²) in [5.74, 6) is 0.173. The topological polar surface area (TPSA) is 89.6 Å². The maximum atomic E-state index is 13.9. The van der Waals surface area contributed by atoms with Crippen LogP contribution in [0.4, 0.5) is 4.39 Å². The molecule has 3 N–H and O–H groups in total. The highest BCUT2D eigenvalue weighted by Crippen LogP contribution is 2.61. The molecule has 138 valence electrons. The van der Waals surface area contributed by atoms with E-state index in [0.717, 1.165) is 43.2 Å². The number of halogens is 1. The van der Waals surface area contributed by atoms with Crippen LogP contribution in [0.25, 0.3) is 0 Å². The van der Waals surface area contributed by atoms with Crippen molar-refractivity contribution in [1.82, 2.24) is 0 Å². The van der Waals surface area contributed by atoms with E-state index in [1.807, 2.05) is 0 Å². The van der Waals surface area contributed by atoms with Crippen LogP contribution in [0.15, 0.2) is 12.1 Å². The zero-order valence-electron chi connectivity index (χ0n) is 14.2. The fourth-order valence-electron chi connectivity index (χ4n) is 5.85. The maximum Gasteiger partial charge on any atom is 0.333 e.